The maximum Gasteiger partial charge on any atom is 0.508 e. The zero-order valence-corrected chi connectivity index (χ0v) is 23.1. The molecule has 0 heterocycles. The molecular weight excluding hydrogens is 430 g/mol. The first kappa shape index (κ1) is 32.7. The van der Waals surface area contributed by atoms with E-state index in [1.807, 2.05) is 13.8 Å². The molecule has 202 valence electrons. The van der Waals surface area contributed by atoms with Crippen molar-refractivity contribution in [2.24, 2.45) is 0 Å². The van der Waals surface area contributed by atoms with E-state index in [-0.39, 0.29) is 24.6 Å². The van der Waals surface area contributed by atoms with Crippen molar-refractivity contribution >= 4 is 12.1 Å². The molecule has 0 aliphatic rings. The molecule has 0 saturated carbocycles. The van der Waals surface area contributed by atoms with Gasteiger partial charge >= 0.3 is 12.1 Å². The Bertz CT molecular complexity index is 479. The normalized spacial score (nSPS) is 12.2. The number of hydrogen-bond donors (Lipinski definition) is 0. The van der Waals surface area contributed by atoms with Crippen LogP contribution in [0.3, 0.4) is 0 Å². The van der Waals surface area contributed by atoms with Crippen LogP contribution in [0.4, 0.5) is 4.79 Å². The largest absolute Gasteiger partial charge is 0.508 e. The predicted octanol–water partition coefficient (Wildman–Crippen LogP) is 7.67. The Balaban J connectivity index is 4.19. The molecule has 0 aliphatic heterocycles. The number of esters is 1. The Morgan fingerprint density at radius 3 is 1.85 bits per heavy atom. The van der Waals surface area contributed by atoms with Crippen molar-refractivity contribution in [1.29, 1.82) is 0 Å². The van der Waals surface area contributed by atoms with Crippen molar-refractivity contribution in [1.82, 2.24) is 4.90 Å². The van der Waals surface area contributed by atoms with Gasteiger partial charge in [0.2, 0.25) is 0 Å². The zero-order valence-electron chi connectivity index (χ0n) is 23.1. The zero-order chi connectivity index (χ0) is 25.4. The Hall–Kier alpha value is -1.30. The standard InChI is InChI=1S/C28H55NO5/c1-6-9-10-11-12-13-14-15-16-17-20-26(21-22-27(30)33-25(4)5)34-28(31)32-24-19-18-23-29(7-2)8-3/h25-26H,6-24H2,1-5H3. The van der Waals surface area contributed by atoms with Crippen LogP contribution in [0.1, 0.15) is 131 Å². The molecule has 6 nitrogen and oxygen atoms in total. The van der Waals surface area contributed by atoms with E-state index in [1.165, 1.54) is 51.4 Å². The third-order valence-corrected chi connectivity index (χ3v) is 6.16. The maximum absolute atomic E-state index is 12.2. The molecule has 1 unspecified atom stereocenters. The lowest BCUT2D eigenvalue weighted by Gasteiger charge is -2.19. The number of unbranched alkanes of at least 4 members (excludes halogenated alkanes) is 10. The highest BCUT2D eigenvalue weighted by Gasteiger charge is 2.18. The third kappa shape index (κ3) is 21.2. The molecule has 0 bridgehead atoms. The van der Waals surface area contributed by atoms with Gasteiger partial charge in [0.1, 0.15) is 6.10 Å². The van der Waals surface area contributed by atoms with E-state index >= 15 is 0 Å². The van der Waals surface area contributed by atoms with Gasteiger partial charge < -0.3 is 19.1 Å². The summed E-state index contributed by atoms with van der Waals surface area (Å²) in [5.74, 6) is -0.239. The minimum absolute atomic E-state index is 0.129. The van der Waals surface area contributed by atoms with Crippen LogP contribution in [0.5, 0.6) is 0 Å². The summed E-state index contributed by atoms with van der Waals surface area (Å²) in [5.41, 5.74) is 0. The highest BCUT2D eigenvalue weighted by atomic mass is 16.7. The molecule has 0 rings (SSSR count). The fraction of sp³-hybridized carbons (Fsp3) is 0.929. The van der Waals surface area contributed by atoms with Gasteiger partial charge in [0.05, 0.1) is 12.7 Å². The number of carbonyl (C=O) groups is 2. The van der Waals surface area contributed by atoms with Crippen LogP contribution in [-0.4, -0.2) is 55.5 Å². The third-order valence-electron chi connectivity index (χ3n) is 6.16. The number of hydrogen-bond acceptors (Lipinski definition) is 6. The second-order valence-corrected chi connectivity index (χ2v) is 9.62. The quantitative estimate of drug-likeness (QED) is 0.109. The first-order valence-electron chi connectivity index (χ1n) is 14.2. The highest BCUT2D eigenvalue weighted by Crippen LogP contribution is 2.16. The van der Waals surface area contributed by atoms with Crippen molar-refractivity contribution in [2.75, 3.05) is 26.2 Å². The summed E-state index contributed by atoms with van der Waals surface area (Å²) >= 11 is 0. The van der Waals surface area contributed by atoms with Gasteiger partial charge in [-0.25, -0.2) is 4.79 Å². The Kier molecular flexibility index (Phi) is 22.5. The van der Waals surface area contributed by atoms with E-state index in [4.69, 9.17) is 14.2 Å². The summed E-state index contributed by atoms with van der Waals surface area (Å²) in [6, 6.07) is 0. The van der Waals surface area contributed by atoms with Gasteiger partial charge in [0.25, 0.3) is 0 Å². The van der Waals surface area contributed by atoms with Crippen LogP contribution < -0.4 is 0 Å². The van der Waals surface area contributed by atoms with E-state index in [9.17, 15) is 9.59 Å². The molecule has 0 aromatic heterocycles. The SMILES string of the molecule is CCCCCCCCCCCCC(CCC(=O)OC(C)C)OC(=O)OCCCCN(CC)CC. The fourth-order valence-electron chi connectivity index (χ4n) is 4.03. The minimum Gasteiger partial charge on any atom is -0.463 e. The van der Waals surface area contributed by atoms with Gasteiger partial charge in [-0.05, 0) is 65.6 Å². The number of carbonyl (C=O) groups excluding carboxylic acids is 2. The molecule has 0 fully saturated rings. The van der Waals surface area contributed by atoms with Gasteiger partial charge in [-0.3, -0.25) is 4.79 Å². The van der Waals surface area contributed by atoms with Gasteiger partial charge in [-0.1, -0.05) is 78.6 Å². The predicted molar refractivity (Wildman–Crippen MR) is 140 cm³/mol. The molecule has 0 aliphatic carbocycles. The van der Waals surface area contributed by atoms with E-state index < -0.39 is 6.16 Å². The molecule has 0 aromatic carbocycles. The molecular formula is C28H55NO5. The second-order valence-electron chi connectivity index (χ2n) is 9.62. The lowest BCUT2D eigenvalue weighted by molar-refractivity contribution is -0.148. The van der Waals surface area contributed by atoms with Gasteiger partial charge in [-0.15, -0.1) is 0 Å². The van der Waals surface area contributed by atoms with Crippen LogP contribution in [0, 0.1) is 0 Å². The Labute approximate surface area is 210 Å². The monoisotopic (exact) mass is 485 g/mol. The summed E-state index contributed by atoms with van der Waals surface area (Å²) in [5, 5.41) is 0. The van der Waals surface area contributed by atoms with E-state index in [0.29, 0.717) is 13.0 Å². The van der Waals surface area contributed by atoms with Gasteiger partial charge in [0, 0.05) is 6.42 Å². The molecule has 34 heavy (non-hydrogen) atoms. The Morgan fingerprint density at radius 1 is 0.706 bits per heavy atom. The summed E-state index contributed by atoms with van der Waals surface area (Å²) in [6.07, 6.45) is 14.9. The summed E-state index contributed by atoms with van der Waals surface area (Å²) in [7, 11) is 0. The van der Waals surface area contributed by atoms with Crippen LogP contribution in [-0.2, 0) is 19.0 Å². The van der Waals surface area contributed by atoms with Crippen molar-refractivity contribution in [2.45, 2.75) is 143 Å². The van der Waals surface area contributed by atoms with Crippen molar-refractivity contribution in [3.8, 4) is 0 Å². The first-order chi connectivity index (χ1) is 16.4. The van der Waals surface area contributed by atoms with Crippen molar-refractivity contribution < 1.29 is 23.8 Å². The van der Waals surface area contributed by atoms with Crippen molar-refractivity contribution in [3.63, 3.8) is 0 Å². The summed E-state index contributed by atoms with van der Waals surface area (Å²) < 4.78 is 16.1. The summed E-state index contributed by atoms with van der Waals surface area (Å²) in [4.78, 5) is 26.5. The van der Waals surface area contributed by atoms with Crippen LogP contribution in [0.15, 0.2) is 0 Å². The topological polar surface area (TPSA) is 65.1 Å². The summed E-state index contributed by atoms with van der Waals surface area (Å²) in [6.45, 7) is 13.7. The van der Waals surface area contributed by atoms with Crippen molar-refractivity contribution in [3.05, 3.63) is 0 Å². The van der Waals surface area contributed by atoms with Gasteiger partial charge in [-0.2, -0.15) is 0 Å². The lowest BCUT2D eigenvalue weighted by Crippen LogP contribution is -2.24. The highest BCUT2D eigenvalue weighted by molar-refractivity contribution is 5.69. The van der Waals surface area contributed by atoms with E-state index in [2.05, 4.69) is 25.7 Å². The molecule has 0 saturated heterocycles. The minimum atomic E-state index is -0.614. The molecule has 0 radical (unpaired) electrons. The smallest absolute Gasteiger partial charge is 0.463 e. The average Bonchev–Trinajstić information content (AvgIpc) is 2.80. The lowest BCUT2D eigenvalue weighted by atomic mass is 10.0. The Morgan fingerprint density at radius 2 is 1.29 bits per heavy atom. The van der Waals surface area contributed by atoms with Gasteiger partial charge in [0.15, 0.2) is 0 Å². The molecule has 0 N–H and O–H groups in total. The van der Waals surface area contributed by atoms with Crippen LogP contribution in [0.25, 0.3) is 0 Å². The van der Waals surface area contributed by atoms with Crippen LogP contribution >= 0.6 is 0 Å². The molecule has 1 atom stereocenters. The number of nitrogens with zero attached hydrogens (tertiary/aromatic N) is 1. The molecule has 0 aromatic rings. The fourth-order valence-corrected chi connectivity index (χ4v) is 4.03. The van der Waals surface area contributed by atoms with Crippen LogP contribution in [0.2, 0.25) is 0 Å². The van der Waals surface area contributed by atoms with E-state index in [1.54, 1.807) is 0 Å². The second kappa shape index (κ2) is 23.4. The molecule has 0 amide bonds. The number of rotatable bonds is 23. The molecule has 0 spiro atoms. The average molecular weight is 486 g/mol. The maximum atomic E-state index is 12.2. The first-order valence-corrected chi connectivity index (χ1v) is 14.2. The number of ether oxygens (including phenoxy) is 3. The molecule has 6 heteroatoms. The van der Waals surface area contributed by atoms with E-state index in [0.717, 1.165) is 51.7 Å².